The molecule has 2 aliphatic heterocycles. The number of anilines is 1. The number of nitrogens with one attached hydrogen (secondary N) is 1. The van der Waals surface area contributed by atoms with E-state index in [1.165, 1.54) is 17.8 Å². The summed E-state index contributed by atoms with van der Waals surface area (Å²) >= 11 is 13.3. The second kappa shape index (κ2) is 8.15. The molecule has 4 nitrogen and oxygen atoms in total. The van der Waals surface area contributed by atoms with Crippen molar-refractivity contribution in [3.63, 3.8) is 0 Å². The summed E-state index contributed by atoms with van der Waals surface area (Å²) in [6.45, 7) is 1.75. The van der Waals surface area contributed by atoms with Crippen LogP contribution in [-0.4, -0.2) is 24.2 Å². The Hall–Kier alpha value is -2.02. The van der Waals surface area contributed by atoms with Gasteiger partial charge in [0.25, 0.3) is 5.91 Å². The molecule has 2 saturated heterocycles. The minimum Gasteiger partial charge on any atom is -0.369 e. The molecular formula is C20H16Cl2FN3OS. The van der Waals surface area contributed by atoms with E-state index in [-0.39, 0.29) is 11.7 Å². The van der Waals surface area contributed by atoms with Gasteiger partial charge in [0.15, 0.2) is 5.17 Å². The van der Waals surface area contributed by atoms with Crippen molar-refractivity contribution in [1.29, 1.82) is 0 Å². The van der Waals surface area contributed by atoms with Gasteiger partial charge in [0.05, 0.1) is 26.3 Å². The second-order valence-corrected chi connectivity index (χ2v) is 8.28. The maximum Gasteiger partial charge on any atom is 0.264 e. The van der Waals surface area contributed by atoms with Gasteiger partial charge in [0.2, 0.25) is 0 Å². The van der Waals surface area contributed by atoms with E-state index in [9.17, 15) is 9.18 Å². The maximum absolute atomic E-state index is 14.5. The number of amidine groups is 1. The van der Waals surface area contributed by atoms with E-state index in [2.05, 4.69) is 10.3 Å². The normalized spacial score (nSPS) is 19.7. The zero-order chi connectivity index (χ0) is 19.7. The molecule has 28 heavy (non-hydrogen) atoms. The van der Waals surface area contributed by atoms with E-state index in [4.69, 9.17) is 23.2 Å². The molecule has 0 unspecified atom stereocenters. The van der Waals surface area contributed by atoms with Crippen LogP contribution in [0.4, 0.5) is 15.8 Å². The molecule has 4 rings (SSSR count). The van der Waals surface area contributed by atoms with Crippen LogP contribution in [0.3, 0.4) is 0 Å². The summed E-state index contributed by atoms with van der Waals surface area (Å²) < 4.78 is 14.5. The van der Waals surface area contributed by atoms with Crippen molar-refractivity contribution in [2.24, 2.45) is 4.99 Å². The number of carbonyl (C=O) groups excluding carboxylic acids is 1. The number of nitrogens with zero attached hydrogens (tertiary/aromatic N) is 2. The predicted octanol–water partition coefficient (Wildman–Crippen LogP) is 5.62. The second-order valence-electron chi connectivity index (χ2n) is 6.46. The lowest BCUT2D eigenvalue weighted by Gasteiger charge is -2.18. The number of aliphatic imine (C=N–C) groups is 1. The Kier molecular flexibility index (Phi) is 5.62. The Labute approximate surface area is 176 Å². The number of carbonyl (C=O) groups is 1. The van der Waals surface area contributed by atoms with Gasteiger partial charge in [-0.1, -0.05) is 35.3 Å². The van der Waals surface area contributed by atoms with Crippen molar-refractivity contribution >= 4 is 63.5 Å². The summed E-state index contributed by atoms with van der Waals surface area (Å²) in [5.41, 5.74) is 1.71. The lowest BCUT2D eigenvalue weighted by Crippen LogP contribution is -2.19. The van der Waals surface area contributed by atoms with Crippen LogP contribution >= 0.6 is 35.0 Å². The molecule has 1 N–H and O–H groups in total. The summed E-state index contributed by atoms with van der Waals surface area (Å²) in [7, 11) is 0. The minimum absolute atomic E-state index is 0.278. The number of hydrogen-bond donors (Lipinski definition) is 1. The zero-order valence-electron chi connectivity index (χ0n) is 14.7. The number of thioether (sulfide) groups is 1. The Morgan fingerprint density at radius 1 is 1.18 bits per heavy atom. The summed E-state index contributed by atoms with van der Waals surface area (Å²) in [4.78, 5) is 19.1. The first kappa shape index (κ1) is 19.3. The molecule has 0 aromatic heterocycles. The average Bonchev–Trinajstić information content (AvgIpc) is 3.30. The molecule has 2 fully saturated rings. The molecule has 0 radical (unpaired) electrons. The van der Waals surface area contributed by atoms with Gasteiger partial charge >= 0.3 is 0 Å². The third kappa shape index (κ3) is 4.04. The van der Waals surface area contributed by atoms with E-state index < -0.39 is 0 Å². The Morgan fingerprint density at radius 2 is 1.96 bits per heavy atom. The number of benzene rings is 2. The SMILES string of the molecule is O=C1NC(=Nc2cccc(Cl)c2Cl)S/C1=C\c1ccc(N2CCCC2)c(F)c1. The van der Waals surface area contributed by atoms with Gasteiger partial charge in [-0.05, 0) is 60.5 Å². The third-order valence-electron chi connectivity index (χ3n) is 4.52. The van der Waals surface area contributed by atoms with Gasteiger partial charge in [-0.2, -0.15) is 0 Å². The third-order valence-corrected chi connectivity index (χ3v) is 6.24. The zero-order valence-corrected chi connectivity index (χ0v) is 17.0. The summed E-state index contributed by atoms with van der Waals surface area (Å²) in [6.07, 6.45) is 3.82. The fraction of sp³-hybridized carbons (Fsp3) is 0.200. The number of amides is 1. The summed E-state index contributed by atoms with van der Waals surface area (Å²) in [5.74, 6) is -0.565. The number of halogens is 3. The van der Waals surface area contributed by atoms with Crippen molar-refractivity contribution in [3.8, 4) is 0 Å². The minimum atomic E-state index is -0.286. The van der Waals surface area contributed by atoms with E-state index in [1.54, 1.807) is 30.3 Å². The molecule has 2 aliphatic rings. The first-order chi connectivity index (χ1) is 13.5. The molecule has 144 valence electrons. The van der Waals surface area contributed by atoms with Gasteiger partial charge < -0.3 is 10.2 Å². The van der Waals surface area contributed by atoms with E-state index in [0.717, 1.165) is 25.9 Å². The lowest BCUT2D eigenvalue weighted by molar-refractivity contribution is -0.115. The fourth-order valence-electron chi connectivity index (χ4n) is 3.15. The number of hydrogen-bond acceptors (Lipinski definition) is 4. The quantitative estimate of drug-likeness (QED) is 0.635. The molecule has 1 amide bonds. The van der Waals surface area contributed by atoms with Crippen molar-refractivity contribution in [3.05, 3.63) is 62.7 Å². The van der Waals surface area contributed by atoms with Gasteiger partial charge in [-0.25, -0.2) is 9.38 Å². The molecular weight excluding hydrogens is 420 g/mol. The van der Waals surface area contributed by atoms with Crippen LogP contribution in [-0.2, 0) is 4.79 Å². The van der Waals surface area contributed by atoms with E-state index in [1.807, 2.05) is 11.0 Å². The first-order valence-electron chi connectivity index (χ1n) is 8.79. The van der Waals surface area contributed by atoms with Crippen molar-refractivity contribution in [1.82, 2.24) is 5.32 Å². The van der Waals surface area contributed by atoms with Crippen LogP contribution in [0.15, 0.2) is 46.3 Å². The van der Waals surface area contributed by atoms with Gasteiger partial charge in [0.1, 0.15) is 5.82 Å². The Bertz CT molecular complexity index is 1000. The van der Waals surface area contributed by atoms with Crippen LogP contribution in [0.1, 0.15) is 18.4 Å². The highest BCUT2D eigenvalue weighted by Crippen LogP contribution is 2.35. The molecule has 0 saturated carbocycles. The fourth-order valence-corrected chi connectivity index (χ4v) is 4.32. The lowest BCUT2D eigenvalue weighted by atomic mass is 10.1. The predicted molar refractivity (Wildman–Crippen MR) is 115 cm³/mol. The average molecular weight is 436 g/mol. The molecule has 0 aliphatic carbocycles. The highest BCUT2D eigenvalue weighted by Gasteiger charge is 2.24. The van der Waals surface area contributed by atoms with Gasteiger partial charge in [-0.3, -0.25) is 4.79 Å². The van der Waals surface area contributed by atoms with E-state index in [0.29, 0.717) is 37.1 Å². The highest BCUT2D eigenvalue weighted by atomic mass is 35.5. The topological polar surface area (TPSA) is 44.7 Å². The standard InChI is InChI=1S/C20H16Cl2FN3OS/c21-13-4-3-5-15(18(13)22)24-20-25-19(27)17(28-20)11-12-6-7-16(14(23)10-12)26-8-1-2-9-26/h3-7,10-11H,1-2,8-9H2,(H,24,25,27)/b17-11-. The van der Waals surface area contributed by atoms with Crippen LogP contribution in [0.25, 0.3) is 6.08 Å². The van der Waals surface area contributed by atoms with Crippen molar-refractivity contribution < 1.29 is 9.18 Å². The van der Waals surface area contributed by atoms with Gasteiger partial charge in [0, 0.05) is 13.1 Å². The van der Waals surface area contributed by atoms with E-state index >= 15 is 0 Å². The molecule has 8 heteroatoms. The maximum atomic E-state index is 14.5. The van der Waals surface area contributed by atoms with Crippen LogP contribution in [0.2, 0.25) is 10.0 Å². The van der Waals surface area contributed by atoms with Crippen LogP contribution < -0.4 is 10.2 Å². The monoisotopic (exact) mass is 435 g/mol. The summed E-state index contributed by atoms with van der Waals surface area (Å²) in [6, 6.07) is 10.2. The molecule has 2 heterocycles. The largest absolute Gasteiger partial charge is 0.369 e. The number of rotatable bonds is 3. The first-order valence-corrected chi connectivity index (χ1v) is 10.4. The molecule has 0 bridgehead atoms. The van der Waals surface area contributed by atoms with Crippen LogP contribution in [0, 0.1) is 5.82 Å². The Balaban J connectivity index is 1.55. The molecule has 2 aromatic rings. The molecule has 0 atom stereocenters. The van der Waals surface area contributed by atoms with Gasteiger partial charge in [-0.15, -0.1) is 0 Å². The molecule has 2 aromatic carbocycles. The molecule has 0 spiro atoms. The van der Waals surface area contributed by atoms with Crippen molar-refractivity contribution in [2.75, 3.05) is 18.0 Å². The van der Waals surface area contributed by atoms with Crippen molar-refractivity contribution in [2.45, 2.75) is 12.8 Å². The Morgan fingerprint density at radius 3 is 2.71 bits per heavy atom. The van der Waals surface area contributed by atoms with Crippen LogP contribution in [0.5, 0.6) is 0 Å². The highest BCUT2D eigenvalue weighted by molar-refractivity contribution is 8.18. The summed E-state index contributed by atoms with van der Waals surface area (Å²) in [5, 5.41) is 3.80. The smallest absolute Gasteiger partial charge is 0.264 e.